The summed E-state index contributed by atoms with van der Waals surface area (Å²) >= 11 is 0. The maximum absolute atomic E-state index is 12.8. The van der Waals surface area contributed by atoms with Crippen LogP contribution in [0.1, 0.15) is 284 Å². The molecule has 0 N–H and O–H groups in total. The number of ether oxygens (including phenoxy) is 2. The number of unbranched alkanes of at least 4 members (excludes halogenated alkanes) is 30. The number of allylic oxidation sites excluding steroid dienone is 16. The molecule has 462 valence electrons. The fourth-order valence-electron chi connectivity index (χ4n) is 9.04. The van der Waals surface area contributed by atoms with E-state index < -0.39 is 26.5 Å². The molecule has 0 aliphatic rings. The van der Waals surface area contributed by atoms with Crippen LogP contribution in [0.2, 0.25) is 0 Å². The molecule has 0 aliphatic carbocycles. The largest absolute Gasteiger partial charge is 0.756 e. The maximum Gasteiger partial charge on any atom is 0.306 e. The van der Waals surface area contributed by atoms with Crippen molar-refractivity contribution in [1.82, 2.24) is 0 Å². The lowest BCUT2D eigenvalue weighted by Gasteiger charge is -2.28. The first kappa shape index (κ1) is 76.9. The van der Waals surface area contributed by atoms with E-state index >= 15 is 0 Å². The summed E-state index contributed by atoms with van der Waals surface area (Å²) in [5.41, 5.74) is 0. The number of quaternary nitrogens is 1. The van der Waals surface area contributed by atoms with Crippen molar-refractivity contribution < 1.29 is 42.1 Å². The highest BCUT2D eigenvalue weighted by atomic mass is 31.2. The maximum atomic E-state index is 12.8. The minimum atomic E-state index is -4.64. The summed E-state index contributed by atoms with van der Waals surface area (Å²) in [6, 6.07) is 0. The Bertz CT molecular complexity index is 1670. The Morgan fingerprint density at radius 2 is 0.713 bits per heavy atom. The van der Waals surface area contributed by atoms with Gasteiger partial charge in [-0.15, -0.1) is 0 Å². The second kappa shape index (κ2) is 60.5. The Morgan fingerprint density at radius 1 is 0.400 bits per heavy atom. The molecule has 0 bridgehead atoms. The molecule has 0 amide bonds. The Hall–Kier alpha value is -3.07. The van der Waals surface area contributed by atoms with E-state index in [4.69, 9.17) is 18.5 Å². The van der Waals surface area contributed by atoms with Gasteiger partial charge in [0.05, 0.1) is 27.7 Å². The molecule has 0 aliphatic heterocycles. The van der Waals surface area contributed by atoms with Gasteiger partial charge in [0.25, 0.3) is 7.82 Å². The molecule has 2 unspecified atom stereocenters. The van der Waals surface area contributed by atoms with E-state index in [0.717, 1.165) is 89.9 Å². The van der Waals surface area contributed by atoms with E-state index in [1.165, 1.54) is 161 Å². The van der Waals surface area contributed by atoms with Crippen LogP contribution in [-0.4, -0.2) is 70.0 Å². The second-order valence-corrected chi connectivity index (χ2v) is 24.5. The van der Waals surface area contributed by atoms with Gasteiger partial charge in [-0.3, -0.25) is 14.2 Å². The van der Waals surface area contributed by atoms with Crippen LogP contribution in [0.15, 0.2) is 97.2 Å². The van der Waals surface area contributed by atoms with Crippen LogP contribution in [0.4, 0.5) is 0 Å². The standard InChI is InChI=1S/C70H124NO8P/c1-6-8-10-12-14-16-18-20-22-24-26-28-29-30-31-32-33-34-35-36-37-38-39-40-41-43-45-47-49-51-53-55-57-59-61-63-70(73)79-68(67-78-80(74,75)77-65-64-71(3,4)5)66-76-69(72)62-60-58-56-54-52-50-48-46-44-42-27-25-23-21-19-17-15-13-11-9-7-2/h8,10,14,16,19-22,25-28,30-31,33-34,68H,6-7,9,11-13,15,17-18,23-24,29,32,35-67H2,1-5H3/b10-8-,16-14-,21-19-,22-20-,27-25-,28-26-,31-30-,34-33-. The van der Waals surface area contributed by atoms with Gasteiger partial charge in [-0.2, -0.15) is 0 Å². The Morgan fingerprint density at radius 3 is 1.06 bits per heavy atom. The van der Waals surface area contributed by atoms with Crippen molar-refractivity contribution in [2.45, 2.75) is 290 Å². The van der Waals surface area contributed by atoms with Crippen molar-refractivity contribution in [3.05, 3.63) is 97.2 Å². The number of phosphoric acid groups is 1. The van der Waals surface area contributed by atoms with Crippen molar-refractivity contribution in [3.63, 3.8) is 0 Å². The van der Waals surface area contributed by atoms with Gasteiger partial charge < -0.3 is 27.9 Å². The number of hydrogen-bond donors (Lipinski definition) is 0. The van der Waals surface area contributed by atoms with Crippen molar-refractivity contribution >= 4 is 19.8 Å². The Balaban J connectivity index is 4.06. The number of hydrogen-bond acceptors (Lipinski definition) is 8. The highest BCUT2D eigenvalue weighted by molar-refractivity contribution is 7.45. The SMILES string of the molecule is CC/C=C\C/C=C\C/C=C\C/C=C\C/C=C\C/C=C\CCCCCCCCCCCCCCCCCCC(=O)OC(COC(=O)CCCCCCCCCCC/C=C\C/C=C\CCCCCCC)COP(=O)([O-])OCC[N+](C)(C)C. The number of carbonyl (C=O) groups is 2. The van der Waals surface area contributed by atoms with Gasteiger partial charge in [0.2, 0.25) is 0 Å². The fourth-order valence-corrected chi connectivity index (χ4v) is 9.77. The average Bonchev–Trinajstić information content (AvgIpc) is 3.42. The number of esters is 2. The zero-order valence-corrected chi connectivity index (χ0v) is 53.4. The third kappa shape index (κ3) is 64.1. The van der Waals surface area contributed by atoms with E-state index in [9.17, 15) is 19.0 Å². The third-order valence-corrected chi connectivity index (χ3v) is 15.1. The normalized spacial score (nSPS) is 13.8. The number of phosphoric ester groups is 1. The van der Waals surface area contributed by atoms with Gasteiger partial charge in [-0.05, 0) is 96.3 Å². The quantitative estimate of drug-likeness (QED) is 0.0195. The summed E-state index contributed by atoms with van der Waals surface area (Å²) in [6.07, 6.45) is 83.3. The lowest BCUT2D eigenvalue weighted by atomic mass is 10.0. The van der Waals surface area contributed by atoms with E-state index in [2.05, 4.69) is 111 Å². The van der Waals surface area contributed by atoms with Crippen LogP contribution in [0.25, 0.3) is 0 Å². The zero-order chi connectivity index (χ0) is 58.4. The molecule has 0 aromatic carbocycles. The van der Waals surface area contributed by atoms with E-state index in [0.29, 0.717) is 17.4 Å². The van der Waals surface area contributed by atoms with Crippen LogP contribution in [-0.2, 0) is 32.7 Å². The molecule has 0 rings (SSSR count). The molecular formula is C70H124NO8P. The lowest BCUT2D eigenvalue weighted by Crippen LogP contribution is -2.37. The smallest absolute Gasteiger partial charge is 0.306 e. The molecule has 9 nitrogen and oxygen atoms in total. The first-order valence-electron chi connectivity index (χ1n) is 32.9. The predicted molar refractivity (Wildman–Crippen MR) is 342 cm³/mol. The zero-order valence-electron chi connectivity index (χ0n) is 52.5. The van der Waals surface area contributed by atoms with Crippen LogP contribution in [0, 0.1) is 0 Å². The van der Waals surface area contributed by atoms with Crippen molar-refractivity contribution in [3.8, 4) is 0 Å². The first-order chi connectivity index (χ1) is 39.0. The first-order valence-corrected chi connectivity index (χ1v) is 34.4. The molecule has 0 aromatic rings. The van der Waals surface area contributed by atoms with Gasteiger partial charge in [-0.1, -0.05) is 272 Å². The van der Waals surface area contributed by atoms with E-state index in [-0.39, 0.29) is 32.0 Å². The molecular weight excluding hydrogens is 1010 g/mol. The van der Waals surface area contributed by atoms with Crippen LogP contribution in [0.3, 0.4) is 0 Å². The third-order valence-electron chi connectivity index (χ3n) is 14.1. The van der Waals surface area contributed by atoms with Crippen LogP contribution in [0.5, 0.6) is 0 Å². The molecule has 0 radical (unpaired) electrons. The predicted octanol–water partition coefficient (Wildman–Crippen LogP) is 20.5. The van der Waals surface area contributed by atoms with Crippen LogP contribution >= 0.6 is 7.82 Å². The monoisotopic (exact) mass is 1140 g/mol. The van der Waals surface area contributed by atoms with Crippen molar-refractivity contribution in [1.29, 1.82) is 0 Å². The summed E-state index contributed by atoms with van der Waals surface area (Å²) in [4.78, 5) is 38.0. The highest BCUT2D eigenvalue weighted by Gasteiger charge is 2.22. The van der Waals surface area contributed by atoms with Gasteiger partial charge in [0.15, 0.2) is 6.10 Å². The summed E-state index contributed by atoms with van der Waals surface area (Å²) in [5, 5.41) is 0. The summed E-state index contributed by atoms with van der Waals surface area (Å²) in [5.74, 6) is -0.833. The molecule has 0 spiro atoms. The van der Waals surface area contributed by atoms with Gasteiger partial charge in [0, 0.05) is 12.8 Å². The number of carbonyl (C=O) groups excluding carboxylic acids is 2. The highest BCUT2D eigenvalue weighted by Crippen LogP contribution is 2.38. The number of rotatable bonds is 60. The van der Waals surface area contributed by atoms with E-state index in [1.807, 2.05) is 21.1 Å². The number of nitrogens with zero attached hydrogens (tertiary/aromatic N) is 1. The summed E-state index contributed by atoms with van der Waals surface area (Å²) in [6.45, 7) is 4.13. The summed E-state index contributed by atoms with van der Waals surface area (Å²) < 4.78 is 34.3. The molecule has 0 saturated carbocycles. The van der Waals surface area contributed by atoms with Gasteiger partial charge in [-0.25, -0.2) is 0 Å². The van der Waals surface area contributed by atoms with Crippen molar-refractivity contribution in [2.24, 2.45) is 0 Å². The topological polar surface area (TPSA) is 111 Å². The molecule has 0 saturated heterocycles. The average molecular weight is 1140 g/mol. The minimum absolute atomic E-state index is 0.0339. The molecule has 0 heterocycles. The number of likely N-dealkylation sites (N-methyl/N-ethyl adjacent to an activating group) is 1. The molecule has 80 heavy (non-hydrogen) atoms. The van der Waals surface area contributed by atoms with Gasteiger partial charge >= 0.3 is 11.9 Å². The lowest BCUT2D eigenvalue weighted by molar-refractivity contribution is -0.870. The minimum Gasteiger partial charge on any atom is -0.756 e. The second-order valence-electron chi connectivity index (χ2n) is 23.1. The molecule has 2 atom stereocenters. The van der Waals surface area contributed by atoms with Crippen LogP contribution < -0.4 is 4.89 Å². The van der Waals surface area contributed by atoms with Crippen molar-refractivity contribution in [2.75, 3.05) is 47.5 Å². The fraction of sp³-hybridized carbons (Fsp3) is 0.743. The molecule has 0 aromatic heterocycles. The summed E-state index contributed by atoms with van der Waals surface area (Å²) in [7, 11) is 1.16. The van der Waals surface area contributed by atoms with Gasteiger partial charge in [0.1, 0.15) is 19.8 Å². The molecule has 10 heteroatoms. The van der Waals surface area contributed by atoms with E-state index in [1.54, 1.807) is 0 Å². The Kier molecular flexibility index (Phi) is 58.2. The molecule has 0 fully saturated rings. The Labute approximate surface area is 493 Å².